The molecule has 46 heavy (non-hydrogen) atoms. The first-order chi connectivity index (χ1) is 20.9. The van der Waals surface area contributed by atoms with Crippen molar-refractivity contribution in [2.24, 2.45) is 0 Å². The molecule has 252 valence electrons. The van der Waals surface area contributed by atoms with Crippen molar-refractivity contribution in [2.75, 3.05) is 28.0 Å². The molecule has 3 aromatic carbocycles. The molecule has 1 aliphatic heterocycles. The zero-order valence-electron chi connectivity index (χ0n) is 31.4. The smallest absolute Gasteiger partial charge is 0.124 e. The Labute approximate surface area is 278 Å². The van der Waals surface area contributed by atoms with Gasteiger partial charge in [-0.3, -0.25) is 0 Å². The van der Waals surface area contributed by atoms with Gasteiger partial charge in [-0.15, -0.1) is 0 Å². The summed E-state index contributed by atoms with van der Waals surface area (Å²) < 4.78 is 0. The Morgan fingerprint density at radius 2 is 0.761 bits per heavy atom. The first kappa shape index (κ1) is 35.3. The predicted molar refractivity (Wildman–Crippen MR) is 195 cm³/mol. The first-order valence-electron chi connectivity index (χ1n) is 16.7. The fourth-order valence-electron chi connectivity index (χ4n) is 7.45. The van der Waals surface area contributed by atoms with Crippen molar-refractivity contribution in [1.82, 2.24) is 0 Å². The topological polar surface area (TPSA) is 70.4 Å². The van der Waals surface area contributed by atoms with E-state index in [2.05, 4.69) is 123 Å². The fraction of sp³-hybridized carbons (Fsp3) is 0.550. The van der Waals surface area contributed by atoms with Crippen LogP contribution in [0.3, 0.4) is 0 Å². The minimum atomic E-state index is -0.204. The maximum Gasteiger partial charge on any atom is 0.124 e. The van der Waals surface area contributed by atoms with Crippen LogP contribution < -0.4 is 14.7 Å². The summed E-state index contributed by atoms with van der Waals surface area (Å²) in [4.78, 5) is 7.06. The van der Waals surface area contributed by atoms with E-state index in [1.807, 2.05) is 20.8 Å². The van der Waals surface area contributed by atoms with E-state index in [9.17, 15) is 15.3 Å². The third-order valence-corrected chi connectivity index (χ3v) is 9.96. The molecule has 1 aliphatic rings. The molecule has 0 aromatic heterocycles. The number of phenolic OH excluding ortho intramolecular Hbond substituents is 3. The number of aryl methyl sites for hydroxylation is 3. The minimum absolute atomic E-state index is 0.103. The number of hydrogen-bond donors (Lipinski definition) is 3. The van der Waals surface area contributed by atoms with Gasteiger partial charge in [0, 0.05) is 33.8 Å². The van der Waals surface area contributed by atoms with Crippen LogP contribution in [0.15, 0.2) is 18.2 Å². The molecule has 0 bridgehead atoms. The van der Waals surface area contributed by atoms with Crippen molar-refractivity contribution in [2.45, 2.75) is 133 Å². The van der Waals surface area contributed by atoms with Gasteiger partial charge >= 0.3 is 0 Å². The standard InChI is InChI=1S/C40H59N3O3/c1-22-17-29(38(8,9)10)35(44)25(4)32(22)41-20-42(33-23(2)18-30(39(11,12)13)36(45)26(33)5)28(7)43(21-41)34-24(3)19-31(40(14,15)16)37(46)27(34)6/h17-19,28,44-46H,20-21H2,1-16H3. The molecule has 3 aromatic rings. The number of anilines is 3. The van der Waals surface area contributed by atoms with E-state index >= 15 is 0 Å². The number of aromatic hydroxyl groups is 3. The van der Waals surface area contributed by atoms with Crippen molar-refractivity contribution < 1.29 is 15.3 Å². The fourth-order valence-corrected chi connectivity index (χ4v) is 7.45. The number of rotatable bonds is 3. The molecule has 4 rings (SSSR count). The van der Waals surface area contributed by atoms with E-state index in [-0.39, 0.29) is 22.4 Å². The average molecular weight is 630 g/mol. The van der Waals surface area contributed by atoms with Gasteiger partial charge in [-0.2, -0.15) is 0 Å². The van der Waals surface area contributed by atoms with Crippen LogP contribution in [-0.2, 0) is 16.2 Å². The lowest BCUT2D eigenvalue weighted by molar-refractivity contribution is 0.438. The first-order valence-corrected chi connectivity index (χ1v) is 16.7. The highest BCUT2D eigenvalue weighted by atomic mass is 16.3. The largest absolute Gasteiger partial charge is 0.507 e. The highest BCUT2D eigenvalue weighted by Crippen LogP contribution is 2.47. The summed E-state index contributed by atoms with van der Waals surface area (Å²) in [5.74, 6) is 1.01. The van der Waals surface area contributed by atoms with Crippen LogP contribution in [0.2, 0.25) is 0 Å². The second-order valence-corrected chi connectivity index (χ2v) is 16.8. The lowest BCUT2D eigenvalue weighted by atomic mass is 9.83. The molecule has 1 heterocycles. The maximum absolute atomic E-state index is 11.6. The molecule has 0 radical (unpaired) electrons. The highest BCUT2D eigenvalue weighted by Gasteiger charge is 2.37. The van der Waals surface area contributed by atoms with Gasteiger partial charge in [0.05, 0.1) is 13.3 Å². The summed E-state index contributed by atoms with van der Waals surface area (Å²) in [5, 5.41) is 34.7. The Morgan fingerprint density at radius 3 is 1.04 bits per heavy atom. The van der Waals surface area contributed by atoms with E-state index in [1.54, 1.807) is 0 Å². The molecular weight excluding hydrogens is 570 g/mol. The molecule has 0 atom stereocenters. The highest BCUT2D eigenvalue weighted by molar-refractivity contribution is 5.75. The van der Waals surface area contributed by atoms with Crippen LogP contribution in [0.4, 0.5) is 17.1 Å². The lowest BCUT2D eigenvalue weighted by Gasteiger charge is -2.52. The van der Waals surface area contributed by atoms with E-state index in [1.165, 1.54) is 0 Å². The Kier molecular flexibility index (Phi) is 8.91. The van der Waals surface area contributed by atoms with Gasteiger partial charge in [0.25, 0.3) is 0 Å². The third-order valence-electron chi connectivity index (χ3n) is 9.96. The number of hydrogen-bond acceptors (Lipinski definition) is 6. The predicted octanol–water partition coefficient (Wildman–Crippen LogP) is 9.64. The Balaban J connectivity index is 2.01. The maximum atomic E-state index is 11.6. The van der Waals surface area contributed by atoms with Crippen LogP contribution in [0.25, 0.3) is 0 Å². The number of phenols is 3. The molecule has 0 saturated carbocycles. The molecule has 6 nitrogen and oxygen atoms in total. The van der Waals surface area contributed by atoms with Crippen LogP contribution in [-0.4, -0.2) is 34.8 Å². The Morgan fingerprint density at radius 1 is 0.500 bits per heavy atom. The van der Waals surface area contributed by atoms with E-state index in [0.717, 1.165) is 67.1 Å². The summed E-state index contributed by atoms with van der Waals surface area (Å²) in [5.41, 5.74) is 11.1. The molecule has 1 saturated heterocycles. The lowest BCUT2D eigenvalue weighted by Crippen LogP contribution is -2.62. The van der Waals surface area contributed by atoms with Crippen LogP contribution in [0, 0.1) is 41.5 Å². The van der Waals surface area contributed by atoms with Gasteiger partial charge in [0.1, 0.15) is 23.4 Å². The summed E-state index contributed by atoms with van der Waals surface area (Å²) in [6, 6.07) is 6.40. The van der Waals surface area contributed by atoms with Crippen LogP contribution in [0.1, 0.15) is 119 Å². The number of nitrogens with zero attached hydrogens (tertiary/aromatic N) is 3. The Bertz CT molecular complexity index is 1580. The number of benzene rings is 3. The van der Waals surface area contributed by atoms with Gasteiger partial charge in [0.2, 0.25) is 0 Å². The average Bonchev–Trinajstić information content (AvgIpc) is 2.90. The van der Waals surface area contributed by atoms with Gasteiger partial charge < -0.3 is 30.0 Å². The SMILES string of the molecule is Cc1cc(C(C)(C)C)c(O)c(C)c1N1CN(c2c(C)cc(C(C)(C)C)c(O)c2C)C(C)N(c2c(C)cc(C(C)(C)C)c(O)c2C)C1. The molecule has 3 N–H and O–H groups in total. The van der Waals surface area contributed by atoms with Gasteiger partial charge in [0.15, 0.2) is 0 Å². The van der Waals surface area contributed by atoms with Crippen molar-refractivity contribution in [1.29, 1.82) is 0 Å². The molecule has 0 unspecified atom stereocenters. The summed E-state index contributed by atoms with van der Waals surface area (Å²) >= 11 is 0. The monoisotopic (exact) mass is 629 g/mol. The molecule has 0 amide bonds. The molecule has 6 heteroatoms. The molecule has 1 fully saturated rings. The zero-order valence-corrected chi connectivity index (χ0v) is 31.4. The van der Waals surface area contributed by atoms with Crippen LogP contribution in [0.5, 0.6) is 17.2 Å². The molecule has 0 spiro atoms. The second-order valence-electron chi connectivity index (χ2n) is 16.8. The van der Waals surface area contributed by atoms with Gasteiger partial charge in [-0.25, -0.2) is 0 Å². The molecule has 0 aliphatic carbocycles. The summed E-state index contributed by atoms with van der Waals surface area (Å²) in [6.45, 7) is 35.0. The van der Waals surface area contributed by atoms with Crippen LogP contribution >= 0.6 is 0 Å². The van der Waals surface area contributed by atoms with Crippen molar-refractivity contribution in [3.8, 4) is 17.2 Å². The summed E-state index contributed by atoms with van der Waals surface area (Å²) in [6.07, 6.45) is -0.103. The van der Waals surface area contributed by atoms with Gasteiger partial charge in [-0.05, 0) is 116 Å². The Hall–Kier alpha value is -3.54. The van der Waals surface area contributed by atoms with Crippen molar-refractivity contribution in [3.63, 3.8) is 0 Å². The second kappa shape index (κ2) is 11.6. The van der Waals surface area contributed by atoms with Crippen molar-refractivity contribution in [3.05, 3.63) is 68.3 Å². The van der Waals surface area contributed by atoms with Gasteiger partial charge in [-0.1, -0.05) is 62.3 Å². The summed E-state index contributed by atoms with van der Waals surface area (Å²) in [7, 11) is 0. The van der Waals surface area contributed by atoms with E-state index in [4.69, 9.17) is 0 Å². The van der Waals surface area contributed by atoms with E-state index in [0.29, 0.717) is 30.6 Å². The third kappa shape index (κ3) is 6.00. The van der Waals surface area contributed by atoms with E-state index < -0.39 is 0 Å². The zero-order chi connectivity index (χ0) is 35.0. The quantitative estimate of drug-likeness (QED) is 0.268. The minimum Gasteiger partial charge on any atom is -0.507 e. The molecular formula is C40H59N3O3. The normalized spacial score (nSPS) is 15.3. The van der Waals surface area contributed by atoms with Crippen molar-refractivity contribution >= 4 is 17.1 Å².